The third-order valence-corrected chi connectivity index (χ3v) is 3.92. The molecule has 1 saturated carbocycles. The molecule has 16 heavy (non-hydrogen) atoms. The van der Waals surface area contributed by atoms with E-state index in [-0.39, 0.29) is 6.42 Å². The normalized spacial score (nSPS) is 26.8. The van der Waals surface area contributed by atoms with E-state index >= 15 is 0 Å². The molecule has 0 saturated heterocycles. The fourth-order valence-corrected chi connectivity index (χ4v) is 3.13. The van der Waals surface area contributed by atoms with Crippen molar-refractivity contribution in [1.82, 2.24) is 0 Å². The molecule has 1 fully saturated rings. The van der Waals surface area contributed by atoms with Crippen LogP contribution in [-0.4, -0.2) is 21.0 Å². The summed E-state index contributed by atoms with van der Waals surface area (Å²) in [6.07, 6.45) is -0.110. The Hall–Kier alpha value is -0.160. The minimum atomic E-state index is -2.11. The molecule has 0 spiro atoms. The van der Waals surface area contributed by atoms with Crippen LogP contribution in [-0.2, 0) is 19.2 Å². The summed E-state index contributed by atoms with van der Waals surface area (Å²) >= 11 is 20.9. The summed E-state index contributed by atoms with van der Waals surface area (Å²) in [6.45, 7) is 0. The smallest absolute Gasteiger partial charge is 0.238 e. The molecule has 0 N–H and O–H groups in total. The largest absolute Gasteiger partial charge is 0.281 e. The molecule has 2 atom stereocenters. The molecule has 4 nitrogen and oxygen atoms in total. The maximum atomic E-state index is 11.3. The van der Waals surface area contributed by atoms with Gasteiger partial charge in [-0.3, -0.25) is 19.2 Å². The number of hydrogen-bond donors (Lipinski definition) is 0. The number of carbonyl (C=O) groups excluding carboxylic acids is 4. The first-order valence-corrected chi connectivity index (χ1v) is 5.56. The lowest BCUT2D eigenvalue weighted by atomic mass is 9.54. The maximum Gasteiger partial charge on any atom is 0.238 e. The van der Waals surface area contributed by atoms with E-state index in [0.717, 1.165) is 0 Å². The second-order valence-electron chi connectivity index (χ2n) is 3.37. The van der Waals surface area contributed by atoms with Gasteiger partial charge in [-0.25, -0.2) is 0 Å². The molecule has 0 radical (unpaired) electrons. The monoisotopic (exact) mass is 304 g/mol. The molecule has 2 unspecified atom stereocenters. The Bertz CT molecular complexity index is 355. The van der Waals surface area contributed by atoms with Gasteiger partial charge in [0.15, 0.2) is 0 Å². The Morgan fingerprint density at radius 2 is 1.12 bits per heavy atom. The average Bonchev–Trinajstić information content (AvgIpc) is 1.97. The molecular weight excluding hydrogens is 302 g/mol. The van der Waals surface area contributed by atoms with Crippen LogP contribution in [0, 0.1) is 17.3 Å². The van der Waals surface area contributed by atoms with Crippen molar-refractivity contribution < 1.29 is 19.2 Å². The standard InChI is InChI=1S/C8H4Cl4O4/c9-4(13)2-1-3(5(10)14)8(2,6(11)15)7(12)16/h2-3H,1H2. The summed E-state index contributed by atoms with van der Waals surface area (Å²) in [5.74, 6) is -2.39. The molecule has 0 aromatic carbocycles. The summed E-state index contributed by atoms with van der Waals surface area (Å²) in [5, 5.41) is -4.29. The van der Waals surface area contributed by atoms with Crippen molar-refractivity contribution in [2.24, 2.45) is 17.3 Å². The first-order chi connectivity index (χ1) is 7.26. The second kappa shape index (κ2) is 4.61. The van der Waals surface area contributed by atoms with Crippen molar-refractivity contribution >= 4 is 67.4 Å². The average molecular weight is 306 g/mol. The number of carbonyl (C=O) groups is 4. The molecule has 0 aromatic heterocycles. The van der Waals surface area contributed by atoms with E-state index in [9.17, 15) is 19.2 Å². The Morgan fingerprint density at radius 1 is 0.812 bits per heavy atom. The molecule has 0 heterocycles. The lowest BCUT2D eigenvalue weighted by Gasteiger charge is -2.47. The van der Waals surface area contributed by atoms with Crippen molar-refractivity contribution in [2.75, 3.05) is 0 Å². The molecular formula is C8H4Cl4O4. The zero-order valence-electron chi connectivity index (χ0n) is 7.51. The minimum absolute atomic E-state index is 0.110. The summed E-state index contributed by atoms with van der Waals surface area (Å²) < 4.78 is 0. The highest BCUT2D eigenvalue weighted by atomic mass is 35.5. The van der Waals surface area contributed by atoms with Gasteiger partial charge >= 0.3 is 0 Å². The van der Waals surface area contributed by atoms with Crippen molar-refractivity contribution in [3.63, 3.8) is 0 Å². The predicted octanol–water partition coefficient (Wildman–Crippen LogP) is 1.67. The fraction of sp³-hybridized carbons (Fsp3) is 0.500. The molecule has 0 amide bonds. The van der Waals surface area contributed by atoms with Crippen molar-refractivity contribution in [3.8, 4) is 0 Å². The molecule has 1 rings (SSSR count). The van der Waals surface area contributed by atoms with E-state index < -0.39 is 38.2 Å². The van der Waals surface area contributed by atoms with Gasteiger partial charge in [0, 0.05) is 0 Å². The number of hydrogen-bond acceptors (Lipinski definition) is 4. The van der Waals surface area contributed by atoms with Crippen LogP contribution in [0.25, 0.3) is 0 Å². The third-order valence-electron chi connectivity index (χ3n) is 2.77. The van der Waals surface area contributed by atoms with E-state index in [1.807, 2.05) is 0 Å². The third kappa shape index (κ3) is 1.78. The Kier molecular flexibility index (Phi) is 4.00. The van der Waals surface area contributed by atoms with Crippen LogP contribution in [0.15, 0.2) is 0 Å². The van der Waals surface area contributed by atoms with E-state index in [1.54, 1.807) is 0 Å². The van der Waals surface area contributed by atoms with Crippen LogP contribution in [0.4, 0.5) is 0 Å². The Balaban J connectivity index is 3.26. The van der Waals surface area contributed by atoms with Crippen LogP contribution >= 0.6 is 46.4 Å². The zero-order valence-corrected chi connectivity index (χ0v) is 10.5. The first-order valence-electron chi connectivity index (χ1n) is 4.04. The second-order valence-corrected chi connectivity index (χ2v) is 4.80. The highest BCUT2D eigenvalue weighted by Crippen LogP contribution is 2.56. The lowest BCUT2D eigenvalue weighted by molar-refractivity contribution is -0.160. The highest BCUT2D eigenvalue weighted by Gasteiger charge is 2.68. The van der Waals surface area contributed by atoms with Gasteiger partial charge in [-0.15, -0.1) is 0 Å². The number of rotatable bonds is 4. The van der Waals surface area contributed by atoms with Crippen LogP contribution in [0.5, 0.6) is 0 Å². The van der Waals surface area contributed by atoms with Gasteiger partial charge in [0.25, 0.3) is 0 Å². The number of halogens is 4. The van der Waals surface area contributed by atoms with Gasteiger partial charge in [-0.1, -0.05) is 0 Å². The molecule has 0 bridgehead atoms. The Morgan fingerprint density at radius 3 is 1.31 bits per heavy atom. The summed E-state index contributed by atoms with van der Waals surface area (Å²) in [6, 6.07) is 0. The van der Waals surface area contributed by atoms with E-state index in [1.165, 1.54) is 0 Å². The minimum Gasteiger partial charge on any atom is -0.281 e. The molecule has 1 aliphatic carbocycles. The van der Waals surface area contributed by atoms with Crippen molar-refractivity contribution in [3.05, 3.63) is 0 Å². The van der Waals surface area contributed by atoms with Crippen LogP contribution in [0.3, 0.4) is 0 Å². The van der Waals surface area contributed by atoms with Crippen LogP contribution in [0.1, 0.15) is 6.42 Å². The van der Waals surface area contributed by atoms with Crippen molar-refractivity contribution in [1.29, 1.82) is 0 Å². The van der Waals surface area contributed by atoms with Gasteiger partial charge in [0.2, 0.25) is 21.0 Å². The Labute approximate surface area is 110 Å². The van der Waals surface area contributed by atoms with Crippen LogP contribution < -0.4 is 0 Å². The van der Waals surface area contributed by atoms with E-state index in [2.05, 4.69) is 0 Å². The molecule has 1 aliphatic rings. The molecule has 88 valence electrons. The van der Waals surface area contributed by atoms with E-state index in [4.69, 9.17) is 46.4 Å². The quantitative estimate of drug-likeness (QED) is 0.585. The highest BCUT2D eigenvalue weighted by molar-refractivity contribution is 6.77. The van der Waals surface area contributed by atoms with Gasteiger partial charge in [-0.2, -0.15) is 0 Å². The summed E-state index contributed by atoms with van der Waals surface area (Å²) in [5.41, 5.74) is -2.11. The van der Waals surface area contributed by atoms with Crippen LogP contribution in [0.2, 0.25) is 0 Å². The van der Waals surface area contributed by atoms with Gasteiger partial charge in [-0.05, 0) is 52.8 Å². The summed E-state index contributed by atoms with van der Waals surface area (Å²) in [7, 11) is 0. The molecule has 8 heteroatoms. The van der Waals surface area contributed by atoms with E-state index in [0.29, 0.717) is 0 Å². The van der Waals surface area contributed by atoms with Crippen molar-refractivity contribution in [2.45, 2.75) is 6.42 Å². The SMILES string of the molecule is O=C(Cl)C1CC(C(=O)Cl)C1(C(=O)Cl)C(=O)Cl. The van der Waals surface area contributed by atoms with Gasteiger partial charge in [0.1, 0.15) is 5.41 Å². The first kappa shape index (κ1) is 13.9. The predicted molar refractivity (Wildman–Crippen MR) is 57.5 cm³/mol. The summed E-state index contributed by atoms with van der Waals surface area (Å²) in [4.78, 5) is 44.5. The lowest BCUT2D eigenvalue weighted by Crippen LogP contribution is -2.60. The fourth-order valence-electron chi connectivity index (χ4n) is 1.86. The van der Waals surface area contributed by atoms with Gasteiger partial charge in [0.05, 0.1) is 11.8 Å². The molecule has 0 aliphatic heterocycles. The topological polar surface area (TPSA) is 68.3 Å². The molecule has 0 aromatic rings. The zero-order chi connectivity index (χ0) is 12.7. The maximum absolute atomic E-state index is 11.3. The van der Waals surface area contributed by atoms with Gasteiger partial charge < -0.3 is 0 Å².